The summed E-state index contributed by atoms with van der Waals surface area (Å²) in [5.74, 6) is 2.71. The average Bonchev–Trinajstić information content (AvgIpc) is 2.11. The number of hydrogen-bond acceptors (Lipinski definition) is 5. The zero-order chi connectivity index (χ0) is 9.36. The maximum atomic E-state index is 10.6. The van der Waals surface area contributed by atoms with Gasteiger partial charge in [-0.25, -0.2) is 10.2 Å². The van der Waals surface area contributed by atoms with Crippen LogP contribution in [0, 0.1) is 12.0 Å². The van der Waals surface area contributed by atoms with Gasteiger partial charge >= 0.3 is 6.16 Å². The quantitative estimate of drug-likeness (QED) is 0.428. The molecule has 72 valence electrons. The fourth-order valence-electron chi connectivity index (χ4n) is 0.882. The molecule has 0 aromatic heterocycles. The minimum absolute atomic E-state index is 0.751. The molecule has 0 bridgehead atoms. The van der Waals surface area contributed by atoms with Crippen LogP contribution < -0.4 is 11.0 Å². The Kier molecular flexibility index (Phi) is 4.76. The van der Waals surface area contributed by atoms with E-state index in [0.717, 1.165) is 32.2 Å². The third-order valence-corrected chi connectivity index (χ3v) is 1.52. The van der Waals surface area contributed by atoms with Crippen LogP contribution in [0.5, 0.6) is 0 Å². The second kappa shape index (κ2) is 6.29. The number of hydrazine groups is 1. The van der Waals surface area contributed by atoms with Crippen molar-refractivity contribution in [3.05, 3.63) is 0 Å². The minimum atomic E-state index is -0.847. The molecule has 0 aliphatic carbocycles. The molecule has 0 amide bonds. The van der Waals surface area contributed by atoms with Crippen LogP contribution >= 0.6 is 0 Å². The highest BCUT2D eigenvalue weighted by Crippen LogP contribution is 1.97. The van der Waals surface area contributed by atoms with E-state index in [1.165, 1.54) is 0 Å². The van der Waals surface area contributed by atoms with E-state index in [4.69, 9.17) is 0 Å². The first-order valence-electron chi connectivity index (χ1n) is 4.23. The van der Waals surface area contributed by atoms with Crippen molar-refractivity contribution in [3.63, 3.8) is 0 Å². The molecule has 0 saturated carbocycles. The molecule has 1 aliphatic heterocycles. The van der Waals surface area contributed by atoms with Gasteiger partial charge in [0.15, 0.2) is 0 Å². The summed E-state index contributed by atoms with van der Waals surface area (Å²) in [6.07, 6.45) is 5.30. The van der Waals surface area contributed by atoms with Crippen molar-refractivity contribution in [3.8, 4) is 12.0 Å². The summed E-state index contributed by atoms with van der Waals surface area (Å²) in [5, 5.41) is 0. The lowest BCUT2D eigenvalue weighted by Gasteiger charge is -2.05. The predicted molar refractivity (Wildman–Crippen MR) is 44.9 cm³/mol. The van der Waals surface area contributed by atoms with E-state index in [9.17, 15) is 4.79 Å². The van der Waals surface area contributed by atoms with Gasteiger partial charge in [-0.3, -0.25) is 0 Å². The molecular formula is C8H12N2O3. The van der Waals surface area contributed by atoms with Gasteiger partial charge in [-0.05, 0) is 12.8 Å². The van der Waals surface area contributed by atoms with Gasteiger partial charge < -0.3 is 9.57 Å². The van der Waals surface area contributed by atoms with E-state index in [2.05, 4.69) is 32.6 Å². The molecule has 5 heteroatoms. The van der Waals surface area contributed by atoms with E-state index in [1.807, 2.05) is 0 Å². The van der Waals surface area contributed by atoms with Gasteiger partial charge in [-0.15, -0.1) is 0 Å². The molecule has 0 fully saturated rings. The van der Waals surface area contributed by atoms with Crippen molar-refractivity contribution in [2.24, 2.45) is 0 Å². The summed E-state index contributed by atoms with van der Waals surface area (Å²) in [4.78, 5) is 15.0. The first-order valence-corrected chi connectivity index (χ1v) is 4.23. The van der Waals surface area contributed by atoms with Gasteiger partial charge in [0.2, 0.25) is 0 Å². The molecule has 2 N–H and O–H groups in total. The summed E-state index contributed by atoms with van der Waals surface area (Å²) < 4.78 is 4.39. The molecule has 0 aromatic carbocycles. The fourth-order valence-corrected chi connectivity index (χ4v) is 0.882. The van der Waals surface area contributed by atoms with Crippen molar-refractivity contribution in [2.45, 2.75) is 25.7 Å². The van der Waals surface area contributed by atoms with Gasteiger partial charge in [0.25, 0.3) is 0 Å². The molecule has 0 saturated heterocycles. The lowest BCUT2D eigenvalue weighted by molar-refractivity contribution is 0.0235. The van der Waals surface area contributed by atoms with Crippen LogP contribution in [-0.4, -0.2) is 12.7 Å². The van der Waals surface area contributed by atoms with Crippen LogP contribution in [0.15, 0.2) is 0 Å². The number of hydrogen-bond donors (Lipinski definition) is 2. The van der Waals surface area contributed by atoms with Gasteiger partial charge in [0.05, 0.1) is 0 Å². The van der Waals surface area contributed by atoms with Crippen molar-refractivity contribution in [1.82, 2.24) is 11.0 Å². The highest BCUT2D eigenvalue weighted by molar-refractivity contribution is 5.60. The summed E-state index contributed by atoms with van der Waals surface area (Å²) in [6.45, 7) is 0.751. The van der Waals surface area contributed by atoms with Gasteiger partial charge in [0.1, 0.15) is 6.11 Å². The lowest BCUT2D eigenvalue weighted by atomic mass is 10.2. The van der Waals surface area contributed by atoms with Crippen molar-refractivity contribution in [2.75, 3.05) is 6.54 Å². The van der Waals surface area contributed by atoms with Gasteiger partial charge in [-0.2, -0.15) is 0 Å². The molecular weight excluding hydrogens is 172 g/mol. The third-order valence-electron chi connectivity index (χ3n) is 1.52. The van der Waals surface area contributed by atoms with Crippen molar-refractivity contribution >= 4 is 6.16 Å². The van der Waals surface area contributed by atoms with Crippen molar-refractivity contribution in [1.29, 1.82) is 0 Å². The fraction of sp³-hybridized carbons (Fsp3) is 0.625. The van der Waals surface area contributed by atoms with Crippen LogP contribution in [0.1, 0.15) is 25.7 Å². The molecule has 1 aliphatic rings. The first kappa shape index (κ1) is 9.84. The predicted octanol–water partition coefficient (Wildman–Crippen LogP) is 0.684. The second-order valence-corrected chi connectivity index (χ2v) is 2.57. The van der Waals surface area contributed by atoms with E-state index < -0.39 is 6.16 Å². The number of nitrogens with one attached hydrogen (secondary N) is 2. The highest BCUT2D eigenvalue weighted by Gasteiger charge is 2.01. The monoisotopic (exact) mass is 184 g/mol. The summed E-state index contributed by atoms with van der Waals surface area (Å²) >= 11 is 0. The Balaban J connectivity index is 2.30. The lowest BCUT2D eigenvalue weighted by Crippen LogP contribution is -2.34. The maximum Gasteiger partial charge on any atom is 0.543 e. The summed E-state index contributed by atoms with van der Waals surface area (Å²) in [5.41, 5.74) is 4.97. The summed E-state index contributed by atoms with van der Waals surface area (Å²) in [7, 11) is 0. The zero-order valence-corrected chi connectivity index (χ0v) is 7.26. The van der Waals surface area contributed by atoms with Gasteiger partial charge in [0, 0.05) is 13.0 Å². The summed E-state index contributed by atoms with van der Waals surface area (Å²) in [6, 6.07) is 0. The van der Waals surface area contributed by atoms with Gasteiger partial charge in [-0.1, -0.05) is 17.9 Å². The van der Waals surface area contributed by atoms with Crippen LogP contribution in [0.25, 0.3) is 0 Å². The molecule has 0 atom stereocenters. The van der Waals surface area contributed by atoms with E-state index in [0.29, 0.717) is 0 Å². The standard InChI is InChI=1S/C8H12N2O3/c11-8-12-7-5-3-1-2-4-6-9-10-13-8/h9-10H,1-4,6H2. The SMILES string of the molecule is O=C1OC#CCCCCCNNO1. The average molecular weight is 184 g/mol. The van der Waals surface area contributed by atoms with E-state index in [1.54, 1.807) is 0 Å². The Hall–Kier alpha value is -1.25. The molecule has 0 radical (unpaired) electrons. The van der Waals surface area contributed by atoms with E-state index >= 15 is 0 Å². The topological polar surface area (TPSA) is 59.6 Å². The number of carbonyl (C=O) groups is 1. The number of carbonyl (C=O) groups excluding carboxylic acids is 1. The van der Waals surface area contributed by atoms with Crippen LogP contribution in [0.4, 0.5) is 4.79 Å². The van der Waals surface area contributed by atoms with Crippen molar-refractivity contribution < 1.29 is 14.4 Å². The largest absolute Gasteiger partial charge is 0.543 e. The molecule has 0 spiro atoms. The van der Waals surface area contributed by atoms with E-state index in [-0.39, 0.29) is 0 Å². The van der Waals surface area contributed by atoms with Crippen LogP contribution in [-0.2, 0) is 9.57 Å². The second-order valence-electron chi connectivity index (χ2n) is 2.57. The van der Waals surface area contributed by atoms with Crippen LogP contribution in [0.2, 0.25) is 0 Å². The molecule has 1 heterocycles. The number of cyclic esters (lactones) is 1. The Morgan fingerprint density at radius 2 is 2.23 bits per heavy atom. The Morgan fingerprint density at radius 3 is 3.15 bits per heavy atom. The highest BCUT2D eigenvalue weighted by atomic mass is 16.8. The maximum absolute atomic E-state index is 10.6. The molecule has 0 unspecified atom stereocenters. The first-order chi connectivity index (χ1) is 6.39. The smallest absolute Gasteiger partial charge is 0.339 e. The molecule has 0 aromatic rings. The minimum Gasteiger partial charge on any atom is -0.339 e. The molecule has 5 nitrogen and oxygen atoms in total. The Bertz CT molecular complexity index is 219. The Morgan fingerprint density at radius 1 is 1.31 bits per heavy atom. The normalized spacial score (nSPS) is 19.5. The number of ether oxygens (including phenoxy) is 1. The zero-order valence-electron chi connectivity index (χ0n) is 7.26. The molecule has 13 heavy (non-hydrogen) atoms. The third kappa shape index (κ3) is 5.06. The number of rotatable bonds is 0. The molecule has 1 rings (SSSR count). The van der Waals surface area contributed by atoms with Crippen LogP contribution in [0.3, 0.4) is 0 Å². The Labute approximate surface area is 76.7 Å².